The average Bonchev–Trinajstić information content (AvgIpc) is 2.82. The van der Waals surface area contributed by atoms with Crippen LogP contribution in [0.2, 0.25) is 0 Å². The van der Waals surface area contributed by atoms with Crippen molar-refractivity contribution in [2.24, 2.45) is 0 Å². The number of aromatic nitrogens is 1. The third-order valence-electron chi connectivity index (χ3n) is 3.67. The molecule has 0 bridgehead atoms. The van der Waals surface area contributed by atoms with Gasteiger partial charge in [-0.3, -0.25) is 9.69 Å². The summed E-state index contributed by atoms with van der Waals surface area (Å²) in [5.41, 5.74) is 2.39. The highest BCUT2D eigenvalue weighted by atomic mass is 16.2. The molecule has 2 aromatic rings. The number of benzene rings is 1. The number of aromatic amines is 1. The van der Waals surface area contributed by atoms with Gasteiger partial charge < -0.3 is 10.3 Å². The van der Waals surface area contributed by atoms with E-state index in [0.717, 1.165) is 11.9 Å². The van der Waals surface area contributed by atoms with E-state index in [1.54, 1.807) is 0 Å². The molecule has 20 heavy (non-hydrogen) atoms. The zero-order valence-electron chi connectivity index (χ0n) is 12.4. The number of hydrogen-bond acceptors (Lipinski definition) is 2. The lowest BCUT2D eigenvalue weighted by Crippen LogP contribution is -2.39. The summed E-state index contributed by atoms with van der Waals surface area (Å²) in [5.74, 6) is 0.0843. The minimum absolute atomic E-state index is 0.0843. The van der Waals surface area contributed by atoms with Crippen LogP contribution in [0.15, 0.2) is 30.5 Å². The summed E-state index contributed by atoms with van der Waals surface area (Å²) in [6.07, 6.45) is 2.87. The lowest BCUT2D eigenvalue weighted by Gasteiger charge is -2.20. The van der Waals surface area contributed by atoms with Gasteiger partial charge in [0.15, 0.2) is 0 Å². The van der Waals surface area contributed by atoms with Gasteiger partial charge in [0.1, 0.15) is 0 Å². The van der Waals surface area contributed by atoms with Gasteiger partial charge in [-0.25, -0.2) is 0 Å². The van der Waals surface area contributed by atoms with Crippen LogP contribution in [0.5, 0.6) is 0 Å². The van der Waals surface area contributed by atoms with Crippen LogP contribution in [-0.2, 0) is 11.2 Å². The topological polar surface area (TPSA) is 48.1 Å². The molecule has 0 aliphatic rings. The highest BCUT2D eigenvalue weighted by molar-refractivity contribution is 5.83. The van der Waals surface area contributed by atoms with E-state index < -0.39 is 0 Å². The number of nitrogens with zero attached hydrogens (tertiary/aromatic N) is 1. The fourth-order valence-electron chi connectivity index (χ4n) is 2.14. The minimum Gasteiger partial charge on any atom is -0.361 e. The van der Waals surface area contributed by atoms with Crippen molar-refractivity contribution in [3.8, 4) is 0 Å². The Hall–Kier alpha value is -1.81. The van der Waals surface area contributed by atoms with Gasteiger partial charge in [-0.05, 0) is 38.9 Å². The first-order chi connectivity index (χ1) is 9.58. The number of H-pyrrole nitrogens is 1. The van der Waals surface area contributed by atoms with Gasteiger partial charge in [-0.1, -0.05) is 18.2 Å². The van der Waals surface area contributed by atoms with E-state index in [4.69, 9.17) is 0 Å². The summed E-state index contributed by atoms with van der Waals surface area (Å²) in [6, 6.07) is 8.61. The molecule has 4 heteroatoms. The number of carbonyl (C=O) groups is 1. The molecular formula is C16H23N3O. The van der Waals surface area contributed by atoms with E-state index in [2.05, 4.69) is 36.3 Å². The maximum Gasteiger partial charge on any atom is 0.234 e. The van der Waals surface area contributed by atoms with Gasteiger partial charge in [-0.2, -0.15) is 0 Å². The van der Waals surface area contributed by atoms with Gasteiger partial charge in [0.25, 0.3) is 0 Å². The second-order valence-corrected chi connectivity index (χ2v) is 5.47. The molecule has 0 atom stereocenters. The predicted molar refractivity (Wildman–Crippen MR) is 82.8 cm³/mol. The smallest absolute Gasteiger partial charge is 0.234 e. The lowest BCUT2D eigenvalue weighted by molar-refractivity contribution is -0.122. The Balaban J connectivity index is 1.83. The largest absolute Gasteiger partial charge is 0.361 e. The first kappa shape index (κ1) is 14.6. The van der Waals surface area contributed by atoms with Crippen LogP contribution in [0.25, 0.3) is 10.9 Å². The van der Waals surface area contributed by atoms with E-state index in [9.17, 15) is 4.79 Å². The van der Waals surface area contributed by atoms with Gasteiger partial charge in [0, 0.05) is 29.7 Å². The summed E-state index contributed by atoms with van der Waals surface area (Å²) in [6.45, 7) is 5.29. The Morgan fingerprint density at radius 3 is 2.85 bits per heavy atom. The van der Waals surface area contributed by atoms with Crippen molar-refractivity contribution in [2.45, 2.75) is 26.3 Å². The zero-order chi connectivity index (χ0) is 14.5. The summed E-state index contributed by atoms with van der Waals surface area (Å²) in [5, 5.41) is 4.21. The fraction of sp³-hybridized carbons (Fsp3) is 0.438. The van der Waals surface area contributed by atoms with Crippen LogP contribution in [0.3, 0.4) is 0 Å². The molecule has 4 nitrogen and oxygen atoms in total. The average molecular weight is 273 g/mol. The standard InChI is InChI=1S/C16H23N3O/c1-12(2)19(3)11-16(20)17-9-8-13-10-18-15-7-5-4-6-14(13)15/h4-7,10,12,18H,8-9,11H2,1-3H3,(H,17,20). The molecule has 1 amide bonds. The van der Waals surface area contributed by atoms with Crippen LogP contribution in [0, 0.1) is 0 Å². The Kier molecular flexibility index (Phi) is 4.79. The van der Waals surface area contributed by atoms with E-state index >= 15 is 0 Å². The van der Waals surface area contributed by atoms with Crippen molar-refractivity contribution >= 4 is 16.8 Å². The Morgan fingerprint density at radius 2 is 2.10 bits per heavy atom. The maximum atomic E-state index is 11.8. The number of nitrogens with one attached hydrogen (secondary N) is 2. The van der Waals surface area contributed by atoms with Crippen molar-refractivity contribution < 1.29 is 4.79 Å². The van der Waals surface area contributed by atoms with E-state index in [0.29, 0.717) is 19.1 Å². The molecule has 0 aliphatic carbocycles. The molecule has 0 radical (unpaired) electrons. The molecule has 0 saturated carbocycles. The minimum atomic E-state index is 0.0843. The van der Waals surface area contributed by atoms with E-state index in [1.807, 2.05) is 30.3 Å². The third kappa shape index (κ3) is 3.61. The number of likely N-dealkylation sites (N-methyl/N-ethyl adjacent to an activating group) is 1. The predicted octanol–water partition coefficient (Wildman–Crippen LogP) is 2.17. The molecule has 2 N–H and O–H groups in total. The number of amides is 1. The van der Waals surface area contributed by atoms with Crippen LogP contribution < -0.4 is 5.32 Å². The van der Waals surface area contributed by atoms with Crippen LogP contribution in [0.1, 0.15) is 19.4 Å². The quantitative estimate of drug-likeness (QED) is 0.847. The molecule has 0 spiro atoms. The van der Waals surface area contributed by atoms with Crippen molar-refractivity contribution in [1.82, 2.24) is 15.2 Å². The van der Waals surface area contributed by atoms with Crippen LogP contribution in [0.4, 0.5) is 0 Å². The molecule has 108 valence electrons. The van der Waals surface area contributed by atoms with Gasteiger partial charge in [-0.15, -0.1) is 0 Å². The number of rotatable bonds is 6. The summed E-state index contributed by atoms with van der Waals surface area (Å²) < 4.78 is 0. The highest BCUT2D eigenvalue weighted by Gasteiger charge is 2.09. The van der Waals surface area contributed by atoms with Crippen molar-refractivity contribution in [1.29, 1.82) is 0 Å². The molecular weight excluding hydrogens is 250 g/mol. The SMILES string of the molecule is CC(C)N(C)CC(=O)NCCc1c[nH]c2ccccc12. The molecule has 0 fully saturated rings. The lowest BCUT2D eigenvalue weighted by atomic mass is 10.1. The molecule has 0 aliphatic heterocycles. The summed E-state index contributed by atoms with van der Waals surface area (Å²) >= 11 is 0. The van der Waals surface area contributed by atoms with Crippen molar-refractivity contribution in [3.63, 3.8) is 0 Å². The third-order valence-corrected chi connectivity index (χ3v) is 3.67. The molecule has 0 saturated heterocycles. The van der Waals surface area contributed by atoms with Crippen molar-refractivity contribution in [2.75, 3.05) is 20.1 Å². The molecule has 0 unspecified atom stereocenters. The fourth-order valence-corrected chi connectivity index (χ4v) is 2.14. The normalized spacial score (nSPS) is 11.4. The number of para-hydroxylation sites is 1. The first-order valence-corrected chi connectivity index (χ1v) is 7.10. The Bertz CT molecular complexity index is 574. The number of carbonyl (C=O) groups excluding carboxylic acids is 1. The van der Waals surface area contributed by atoms with Gasteiger partial charge in [0.05, 0.1) is 6.54 Å². The van der Waals surface area contributed by atoms with E-state index in [-0.39, 0.29) is 5.91 Å². The second kappa shape index (κ2) is 6.57. The molecule has 1 aromatic carbocycles. The van der Waals surface area contributed by atoms with Gasteiger partial charge in [0.2, 0.25) is 5.91 Å². The Morgan fingerprint density at radius 1 is 1.35 bits per heavy atom. The number of fused-ring (bicyclic) bond motifs is 1. The molecule has 2 rings (SSSR count). The summed E-state index contributed by atoms with van der Waals surface area (Å²) in [4.78, 5) is 17.1. The van der Waals surface area contributed by atoms with Crippen LogP contribution >= 0.6 is 0 Å². The molecule has 1 heterocycles. The second-order valence-electron chi connectivity index (χ2n) is 5.47. The maximum absolute atomic E-state index is 11.8. The van der Waals surface area contributed by atoms with E-state index in [1.165, 1.54) is 10.9 Å². The number of hydrogen-bond donors (Lipinski definition) is 2. The molecule has 1 aromatic heterocycles. The summed E-state index contributed by atoms with van der Waals surface area (Å²) in [7, 11) is 1.96. The monoisotopic (exact) mass is 273 g/mol. The Labute approximate surface area is 120 Å². The zero-order valence-corrected chi connectivity index (χ0v) is 12.4. The van der Waals surface area contributed by atoms with Crippen LogP contribution in [-0.4, -0.2) is 42.0 Å². The highest BCUT2D eigenvalue weighted by Crippen LogP contribution is 2.17. The first-order valence-electron chi connectivity index (χ1n) is 7.10. The van der Waals surface area contributed by atoms with Crippen molar-refractivity contribution in [3.05, 3.63) is 36.0 Å². The van der Waals surface area contributed by atoms with Gasteiger partial charge >= 0.3 is 0 Å².